The third-order valence-corrected chi connectivity index (χ3v) is 3.93. The molecule has 1 aliphatic heterocycles. The molecule has 0 atom stereocenters. The van der Waals surface area contributed by atoms with Gasteiger partial charge < -0.3 is 15.4 Å². The maximum Gasteiger partial charge on any atom is 0.265 e. The van der Waals surface area contributed by atoms with Crippen LogP contribution in [-0.2, 0) is 4.79 Å². The molecule has 2 N–H and O–H groups in total. The predicted octanol–water partition coefficient (Wildman–Crippen LogP) is 0.949. The highest BCUT2D eigenvalue weighted by molar-refractivity contribution is 5.98. The van der Waals surface area contributed by atoms with Crippen LogP contribution in [0.2, 0.25) is 0 Å². The first-order chi connectivity index (χ1) is 9.69. The first-order valence-corrected chi connectivity index (χ1v) is 6.79. The van der Waals surface area contributed by atoms with Gasteiger partial charge in [0.15, 0.2) is 6.61 Å². The summed E-state index contributed by atoms with van der Waals surface area (Å²) in [6.45, 7) is 0.00839. The van der Waals surface area contributed by atoms with Crippen molar-refractivity contribution in [3.8, 4) is 11.9 Å². The van der Waals surface area contributed by atoms with Crippen LogP contribution in [0.4, 0.5) is 5.69 Å². The van der Waals surface area contributed by atoms with E-state index >= 15 is 0 Å². The Bertz CT molecular complexity index is 573. The molecule has 0 saturated heterocycles. The molecule has 3 rings (SSSR count). The molecule has 6 heteroatoms. The molecule has 1 aliphatic carbocycles. The van der Waals surface area contributed by atoms with Crippen molar-refractivity contribution in [1.29, 1.82) is 5.26 Å². The quantitative estimate of drug-likeness (QED) is 0.821. The number of nitrogens with two attached hydrogens (primary N) is 1. The lowest BCUT2D eigenvalue weighted by molar-refractivity contribution is -0.122. The Kier molecular flexibility index (Phi) is 3.28. The minimum atomic E-state index is -0.0742. The van der Waals surface area contributed by atoms with E-state index in [-0.39, 0.29) is 24.6 Å². The van der Waals surface area contributed by atoms with Crippen LogP contribution in [0.25, 0.3) is 0 Å². The Balaban J connectivity index is 1.95. The lowest BCUT2D eigenvalue weighted by atomic mass is 9.90. The van der Waals surface area contributed by atoms with Gasteiger partial charge in [0, 0.05) is 18.3 Å². The zero-order chi connectivity index (χ0) is 14.1. The van der Waals surface area contributed by atoms with Gasteiger partial charge in [0.25, 0.3) is 5.91 Å². The van der Waals surface area contributed by atoms with Crippen LogP contribution in [0.5, 0.6) is 5.88 Å². The minimum absolute atomic E-state index is 0.00839. The number of nitrogens with zero attached hydrogens (tertiary/aromatic N) is 3. The second-order valence-electron chi connectivity index (χ2n) is 5.28. The highest BCUT2D eigenvalue weighted by Crippen LogP contribution is 2.35. The summed E-state index contributed by atoms with van der Waals surface area (Å²) in [5.41, 5.74) is 6.96. The van der Waals surface area contributed by atoms with Gasteiger partial charge in [0.2, 0.25) is 5.88 Å². The Labute approximate surface area is 117 Å². The topological polar surface area (TPSA) is 92.2 Å². The summed E-state index contributed by atoms with van der Waals surface area (Å²) >= 11 is 0. The molecule has 1 aromatic rings. The summed E-state index contributed by atoms with van der Waals surface area (Å²) in [5, 5.41) is 8.99. The molecule has 20 heavy (non-hydrogen) atoms. The Morgan fingerprint density at radius 3 is 2.85 bits per heavy atom. The third kappa shape index (κ3) is 2.21. The van der Waals surface area contributed by atoms with Crippen molar-refractivity contribution in [2.75, 3.05) is 11.5 Å². The van der Waals surface area contributed by atoms with Crippen molar-refractivity contribution in [3.05, 3.63) is 17.8 Å². The first-order valence-electron chi connectivity index (χ1n) is 6.79. The molecule has 0 spiro atoms. The van der Waals surface area contributed by atoms with Crippen LogP contribution < -0.4 is 15.4 Å². The highest BCUT2D eigenvalue weighted by Gasteiger charge is 2.34. The maximum atomic E-state index is 12.2. The fraction of sp³-hybridized carbons (Fsp3) is 0.500. The fourth-order valence-electron chi connectivity index (χ4n) is 2.88. The van der Waals surface area contributed by atoms with Gasteiger partial charge in [-0.25, -0.2) is 4.98 Å². The fourth-order valence-corrected chi connectivity index (χ4v) is 2.88. The van der Waals surface area contributed by atoms with Crippen molar-refractivity contribution in [3.63, 3.8) is 0 Å². The van der Waals surface area contributed by atoms with E-state index in [1.54, 1.807) is 11.0 Å². The van der Waals surface area contributed by atoms with E-state index in [0.29, 0.717) is 17.1 Å². The molecule has 104 valence electrons. The van der Waals surface area contributed by atoms with Gasteiger partial charge in [-0.1, -0.05) is 0 Å². The average Bonchev–Trinajstić information content (AvgIpc) is 2.48. The number of carbonyl (C=O) groups is 1. The van der Waals surface area contributed by atoms with Crippen molar-refractivity contribution < 1.29 is 9.53 Å². The third-order valence-electron chi connectivity index (χ3n) is 3.93. The number of pyridine rings is 1. The van der Waals surface area contributed by atoms with Gasteiger partial charge >= 0.3 is 0 Å². The number of anilines is 1. The summed E-state index contributed by atoms with van der Waals surface area (Å²) in [5.74, 6) is 0.355. The number of hydrogen-bond acceptors (Lipinski definition) is 5. The van der Waals surface area contributed by atoms with Crippen LogP contribution in [0, 0.1) is 11.3 Å². The maximum absolute atomic E-state index is 12.2. The van der Waals surface area contributed by atoms with Crippen LogP contribution >= 0.6 is 0 Å². The number of ether oxygens (including phenoxy) is 1. The van der Waals surface area contributed by atoms with Crippen LogP contribution in [-0.4, -0.2) is 29.6 Å². The summed E-state index contributed by atoms with van der Waals surface area (Å²) in [7, 11) is 0. The van der Waals surface area contributed by atoms with Crippen molar-refractivity contribution in [1.82, 2.24) is 4.98 Å². The van der Waals surface area contributed by atoms with Crippen molar-refractivity contribution in [2.45, 2.75) is 37.8 Å². The molecular formula is C14H16N4O2. The zero-order valence-corrected chi connectivity index (χ0v) is 11.1. The predicted molar refractivity (Wildman–Crippen MR) is 72.2 cm³/mol. The van der Waals surface area contributed by atoms with Crippen LogP contribution in [0.3, 0.4) is 0 Å². The molecule has 0 radical (unpaired) electrons. The molecule has 0 aromatic carbocycles. The Morgan fingerprint density at radius 1 is 1.40 bits per heavy atom. The lowest BCUT2D eigenvalue weighted by Gasteiger charge is -2.38. The molecule has 1 fully saturated rings. The minimum Gasteiger partial charge on any atom is -0.466 e. The molecule has 2 aliphatic rings. The number of rotatable bonds is 1. The van der Waals surface area contributed by atoms with Gasteiger partial charge in [-0.05, 0) is 31.7 Å². The summed E-state index contributed by atoms with van der Waals surface area (Å²) in [6, 6.07) is 4.07. The van der Waals surface area contributed by atoms with E-state index in [2.05, 4.69) is 4.98 Å². The summed E-state index contributed by atoms with van der Waals surface area (Å²) < 4.78 is 5.34. The molecule has 0 unspecified atom stereocenters. The summed E-state index contributed by atoms with van der Waals surface area (Å²) in [6.07, 6.45) is 5.04. The highest BCUT2D eigenvalue weighted by atomic mass is 16.5. The van der Waals surface area contributed by atoms with Gasteiger partial charge in [0.1, 0.15) is 11.8 Å². The molecule has 6 nitrogen and oxygen atoms in total. The number of carbonyl (C=O) groups excluding carboxylic acids is 1. The smallest absolute Gasteiger partial charge is 0.265 e. The van der Waals surface area contributed by atoms with E-state index in [1.165, 1.54) is 6.20 Å². The van der Waals surface area contributed by atoms with Gasteiger partial charge in [-0.3, -0.25) is 4.79 Å². The van der Waals surface area contributed by atoms with Gasteiger partial charge in [-0.15, -0.1) is 0 Å². The monoisotopic (exact) mass is 272 g/mol. The van der Waals surface area contributed by atoms with Crippen molar-refractivity contribution in [2.24, 2.45) is 5.73 Å². The van der Waals surface area contributed by atoms with Crippen LogP contribution in [0.1, 0.15) is 31.2 Å². The lowest BCUT2D eigenvalue weighted by Crippen LogP contribution is -2.48. The van der Waals surface area contributed by atoms with E-state index in [0.717, 1.165) is 25.7 Å². The number of aromatic nitrogens is 1. The molecule has 1 aromatic heterocycles. The second-order valence-corrected chi connectivity index (χ2v) is 5.28. The SMILES string of the molecule is N#Cc1cnc2c(c1)N(C1CCC(N)CC1)C(=O)CO2. The molecule has 0 bridgehead atoms. The standard InChI is InChI=1S/C14H16N4O2/c15-6-9-5-12-14(17-7-9)20-8-13(19)18(12)11-3-1-10(16)2-4-11/h5,7,10-11H,1-4,8,16H2. The Hall–Kier alpha value is -2.13. The van der Waals surface area contributed by atoms with Gasteiger partial charge in [-0.2, -0.15) is 5.26 Å². The molecule has 2 heterocycles. The van der Waals surface area contributed by atoms with E-state index in [1.807, 2.05) is 6.07 Å². The van der Waals surface area contributed by atoms with Crippen LogP contribution in [0.15, 0.2) is 12.3 Å². The largest absolute Gasteiger partial charge is 0.466 e. The molecule has 1 saturated carbocycles. The van der Waals surface area contributed by atoms with E-state index < -0.39 is 0 Å². The first kappa shape index (κ1) is 12.9. The average molecular weight is 272 g/mol. The molecular weight excluding hydrogens is 256 g/mol. The number of amides is 1. The summed E-state index contributed by atoms with van der Waals surface area (Å²) in [4.78, 5) is 18.1. The van der Waals surface area contributed by atoms with E-state index in [4.69, 9.17) is 15.7 Å². The Morgan fingerprint density at radius 2 is 2.15 bits per heavy atom. The second kappa shape index (κ2) is 5.10. The van der Waals surface area contributed by atoms with Crippen molar-refractivity contribution >= 4 is 11.6 Å². The number of nitriles is 1. The number of fused-ring (bicyclic) bond motifs is 1. The normalized spacial score (nSPS) is 25.6. The zero-order valence-electron chi connectivity index (χ0n) is 11.1. The van der Waals surface area contributed by atoms with E-state index in [9.17, 15) is 4.79 Å². The molecule has 1 amide bonds. The number of hydrogen-bond donors (Lipinski definition) is 1. The van der Waals surface area contributed by atoms with Gasteiger partial charge in [0.05, 0.1) is 5.56 Å².